The molecule has 1 saturated heterocycles. The van der Waals surface area contributed by atoms with Crippen LogP contribution in [-0.2, 0) is 12.8 Å². The van der Waals surface area contributed by atoms with E-state index in [1.165, 1.54) is 25.8 Å². The van der Waals surface area contributed by atoms with Gasteiger partial charge in [0, 0.05) is 58.1 Å². The number of nitrogens with zero attached hydrogens (tertiary/aromatic N) is 2. The van der Waals surface area contributed by atoms with Crippen LogP contribution in [0.3, 0.4) is 0 Å². The number of carbonyl (C=O) groups excluding carboxylic acids is 1. The summed E-state index contributed by atoms with van der Waals surface area (Å²) >= 11 is 3.58. The Kier molecular flexibility index (Phi) is 4.84. The van der Waals surface area contributed by atoms with E-state index in [-0.39, 0.29) is 5.91 Å². The summed E-state index contributed by atoms with van der Waals surface area (Å²) in [7, 11) is 1.69. The van der Waals surface area contributed by atoms with Crippen molar-refractivity contribution in [3.8, 4) is 16.2 Å². The molecule has 4 nitrogen and oxygen atoms in total. The Bertz CT molecular complexity index is 1060. The highest BCUT2D eigenvalue weighted by molar-refractivity contribution is 7.18. The van der Waals surface area contributed by atoms with Gasteiger partial charge in [-0.1, -0.05) is 6.07 Å². The molecule has 1 aromatic carbocycles. The SMILES string of the molecule is COc1cccc(N2CCN(C(=O)c3cc4c(s3)-c3cc(C)sc3CC4)CC2)c1. The molecule has 0 radical (unpaired) electrons. The van der Waals surface area contributed by atoms with E-state index in [4.69, 9.17) is 4.74 Å². The number of benzene rings is 1. The number of aryl methyl sites for hydroxylation is 3. The molecule has 5 rings (SSSR count). The highest BCUT2D eigenvalue weighted by atomic mass is 32.1. The molecule has 2 aliphatic rings. The van der Waals surface area contributed by atoms with Crippen LogP contribution in [0.1, 0.15) is 25.0 Å². The quantitative estimate of drug-likeness (QED) is 0.602. The number of piperazine rings is 1. The fourth-order valence-corrected chi connectivity index (χ4v) is 6.59. The lowest BCUT2D eigenvalue weighted by Crippen LogP contribution is -2.48. The number of methoxy groups -OCH3 is 1. The average Bonchev–Trinajstić information content (AvgIpc) is 3.36. The lowest BCUT2D eigenvalue weighted by atomic mass is 9.98. The van der Waals surface area contributed by atoms with E-state index in [0.29, 0.717) is 0 Å². The van der Waals surface area contributed by atoms with Crippen molar-refractivity contribution in [1.29, 1.82) is 0 Å². The van der Waals surface area contributed by atoms with Gasteiger partial charge in [-0.05, 0) is 49.6 Å². The van der Waals surface area contributed by atoms with E-state index in [1.54, 1.807) is 18.4 Å². The summed E-state index contributed by atoms with van der Waals surface area (Å²) in [6, 6.07) is 12.6. The van der Waals surface area contributed by atoms with Gasteiger partial charge in [-0.15, -0.1) is 22.7 Å². The minimum atomic E-state index is 0.184. The zero-order valence-electron chi connectivity index (χ0n) is 16.7. The van der Waals surface area contributed by atoms with Gasteiger partial charge in [0.15, 0.2) is 0 Å². The number of thiophene rings is 2. The van der Waals surface area contributed by atoms with Crippen LogP contribution in [-0.4, -0.2) is 44.1 Å². The number of fused-ring (bicyclic) bond motifs is 3. The van der Waals surface area contributed by atoms with Gasteiger partial charge in [-0.25, -0.2) is 0 Å². The topological polar surface area (TPSA) is 32.8 Å². The summed E-state index contributed by atoms with van der Waals surface area (Å²) in [6.07, 6.45) is 2.15. The third-order valence-electron chi connectivity index (χ3n) is 5.80. The molecule has 6 heteroatoms. The second-order valence-electron chi connectivity index (χ2n) is 7.64. The Morgan fingerprint density at radius 3 is 2.66 bits per heavy atom. The lowest BCUT2D eigenvalue weighted by molar-refractivity contribution is 0.0751. The Morgan fingerprint density at radius 2 is 1.86 bits per heavy atom. The van der Waals surface area contributed by atoms with E-state index in [1.807, 2.05) is 28.4 Å². The number of hydrogen-bond donors (Lipinski definition) is 0. The number of hydrogen-bond acceptors (Lipinski definition) is 5. The number of rotatable bonds is 3. The molecular formula is C23H24N2O2S2. The van der Waals surface area contributed by atoms with Gasteiger partial charge in [-0.3, -0.25) is 4.79 Å². The van der Waals surface area contributed by atoms with Gasteiger partial charge in [0.05, 0.1) is 12.0 Å². The Hall–Kier alpha value is -2.31. The van der Waals surface area contributed by atoms with Crippen molar-refractivity contribution in [3.63, 3.8) is 0 Å². The summed E-state index contributed by atoms with van der Waals surface area (Å²) in [5, 5.41) is 0. The maximum atomic E-state index is 13.2. The standard InChI is InChI=1S/C23H24N2O2S2/c1-15-12-19-20(28-15)7-6-16-13-21(29-22(16)19)23(26)25-10-8-24(9-11-25)17-4-3-5-18(14-17)27-2/h3-5,12-14H,6-11H2,1-2H3. The molecule has 1 fully saturated rings. The minimum absolute atomic E-state index is 0.184. The van der Waals surface area contributed by atoms with E-state index < -0.39 is 0 Å². The van der Waals surface area contributed by atoms with Crippen LogP contribution in [0.15, 0.2) is 36.4 Å². The van der Waals surface area contributed by atoms with Crippen molar-refractivity contribution < 1.29 is 9.53 Å². The largest absolute Gasteiger partial charge is 0.497 e. The Balaban J connectivity index is 1.30. The third kappa shape index (κ3) is 3.45. The Labute approximate surface area is 179 Å². The smallest absolute Gasteiger partial charge is 0.264 e. The predicted octanol–water partition coefficient (Wildman–Crippen LogP) is 4.85. The molecule has 2 aromatic heterocycles. The fraction of sp³-hybridized carbons (Fsp3) is 0.348. The molecule has 29 heavy (non-hydrogen) atoms. The molecule has 0 spiro atoms. The van der Waals surface area contributed by atoms with Gasteiger partial charge in [-0.2, -0.15) is 0 Å². The first kappa shape index (κ1) is 18.7. The second-order valence-corrected chi connectivity index (χ2v) is 10.0. The van der Waals surface area contributed by atoms with E-state index >= 15 is 0 Å². The van der Waals surface area contributed by atoms with Crippen molar-refractivity contribution in [2.24, 2.45) is 0 Å². The summed E-state index contributed by atoms with van der Waals surface area (Å²) < 4.78 is 5.34. The first-order valence-corrected chi connectivity index (χ1v) is 11.7. The molecule has 1 amide bonds. The number of carbonyl (C=O) groups is 1. The first-order chi connectivity index (χ1) is 14.1. The molecule has 1 aliphatic carbocycles. The van der Waals surface area contributed by atoms with E-state index in [0.717, 1.165) is 55.3 Å². The molecule has 3 aromatic rings. The minimum Gasteiger partial charge on any atom is -0.497 e. The molecule has 0 unspecified atom stereocenters. The molecule has 150 valence electrons. The molecule has 0 N–H and O–H groups in total. The summed E-state index contributed by atoms with van der Waals surface area (Å²) in [5.74, 6) is 1.05. The fourth-order valence-electron chi connectivity index (χ4n) is 4.27. The van der Waals surface area contributed by atoms with Crippen LogP contribution in [0.2, 0.25) is 0 Å². The average molecular weight is 425 g/mol. The lowest BCUT2D eigenvalue weighted by Gasteiger charge is -2.36. The van der Waals surface area contributed by atoms with Gasteiger partial charge >= 0.3 is 0 Å². The zero-order chi connectivity index (χ0) is 20.0. The number of amides is 1. The van der Waals surface area contributed by atoms with Crippen LogP contribution in [0, 0.1) is 6.92 Å². The van der Waals surface area contributed by atoms with Crippen molar-refractivity contribution in [3.05, 3.63) is 56.6 Å². The summed E-state index contributed by atoms with van der Waals surface area (Å²) in [6.45, 7) is 5.36. The van der Waals surface area contributed by atoms with Gasteiger partial charge in [0.1, 0.15) is 5.75 Å². The maximum Gasteiger partial charge on any atom is 0.264 e. The highest BCUT2D eigenvalue weighted by Gasteiger charge is 2.27. The monoisotopic (exact) mass is 424 g/mol. The molecule has 0 bridgehead atoms. The van der Waals surface area contributed by atoms with Gasteiger partial charge in [0.25, 0.3) is 5.91 Å². The van der Waals surface area contributed by atoms with Crippen molar-refractivity contribution in [2.45, 2.75) is 19.8 Å². The van der Waals surface area contributed by atoms with Crippen molar-refractivity contribution in [2.75, 3.05) is 38.2 Å². The molecule has 0 atom stereocenters. The van der Waals surface area contributed by atoms with Crippen LogP contribution >= 0.6 is 22.7 Å². The van der Waals surface area contributed by atoms with Gasteiger partial charge < -0.3 is 14.5 Å². The van der Waals surface area contributed by atoms with E-state index in [2.05, 4.69) is 36.1 Å². The van der Waals surface area contributed by atoms with Crippen LogP contribution in [0.4, 0.5) is 5.69 Å². The first-order valence-electron chi connectivity index (χ1n) is 10.0. The molecule has 1 aliphatic heterocycles. The molecule has 0 saturated carbocycles. The normalized spacial score (nSPS) is 15.8. The summed E-state index contributed by atoms with van der Waals surface area (Å²) in [4.78, 5) is 22.6. The third-order valence-corrected chi connectivity index (χ3v) is 8.11. The number of ether oxygens (including phenoxy) is 1. The summed E-state index contributed by atoms with van der Waals surface area (Å²) in [5.41, 5.74) is 3.86. The Morgan fingerprint density at radius 1 is 1.03 bits per heavy atom. The van der Waals surface area contributed by atoms with Crippen LogP contribution in [0.25, 0.3) is 10.4 Å². The molecular weight excluding hydrogens is 400 g/mol. The maximum absolute atomic E-state index is 13.2. The van der Waals surface area contributed by atoms with Crippen LogP contribution in [0.5, 0.6) is 5.75 Å². The van der Waals surface area contributed by atoms with E-state index in [9.17, 15) is 4.79 Å². The van der Waals surface area contributed by atoms with Crippen molar-refractivity contribution >= 4 is 34.3 Å². The molecule has 3 heterocycles. The highest BCUT2D eigenvalue weighted by Crippen LogP contribution is 2.43. The second kappa shape index (κ2) is 7.50. The van der Waals surface area contributed by atoms with Crippen LogP contribution < -0.4 is 9.64 Å². The number of anilines is 1. The van der Waals surface area contributed by atoms with Crippen molar-refractivity contribution in [1.82, 2.24) is 4.90 Å². The zero-order valence-corrected chi connectivity index (χ0v) is 18.4. The predicted molar refractivity (Wildman–Crippen MR) is 121 cm³/mol. The van der Waals surface area contributed by atoms with Gasteiger partial charge in [0.2, 0.25) is 0 Å².